The molecule has 3 N–H and O–H groups in total. The van der Waals surface area contributed by atoms with Gasteiger partial charge in [-0.15, -0.1) is 0 Å². The van der Waals surface area contributed by atoms with Crippen molar-refractivity contribution in [2.24, 2.45) is 0 Å². The van der Waals surface area contributed by atoms with Gasteiger partial charge in [0.1, 0.15) is 12.1 Å². The first-order chi connectivity index (χ1) is 9.04. The fourth-order valence-corrected chi connectivity index (χ4v) is 3.31. The van der Waals surface area contributed by atoms with Crippen LogP contribution in [0.1, 0.15) is 6.42 Å². The molecule has 0 aromatic heterocycles. The van der Waals surface area contributed by atoms with E-state index in [2.05, 4.69) is 5.32 Å². The van der Waals surface area contributed by atoms with Crippen LogP contribution < -0.4 is 15.4 Å². The number of nitrogens with one attached hydrogen (secondary N) is 3. The molecule has 114 valence electrons. The quantitative estimate of drug-likeness (QED) is 0.561. The van der Waals surface area contributed by atoms with Crippen LogP contribution in [-0.2, 0) is 15.0 Å². The van der Waals surface area contributed by atoms with E-state index < -0.39 is 47.0 Å². The van der Waals surface area contributed by atoms with Gasteiger partial charge in [-0.1, -0.05) is 0 Å². The molecule has 1 unspecified atom stereocenters. The molecule has 2 aliphatic heterocycles. The van der Waals surface area contributed by atoms with E-state index in [9.17, 15) is 31.2 Å². The van der Waals surface area contributed by atoms with E-state index in [1.165, 1.54) is 4.72 Å². The molecule has 12 heteroatoms. The van der Waals surface area contributed by atoms with E-state index in [1.54, 1.807) is 0 Å². The van der Waals surface area contributed by atoms with Gasteiger partial charge in [0, 0.05) is 13.1 Å². The molecule has 2 fully saturated rings. The molecule has 0 aromatic rings. The van der Waals surface area contributed by atoms with E-state index in [-0.39, 0.29) is 13.0 Å². The monoisotopic (exact) mass is 316 g/mol. The zero-order valence-electron chi connectivity index (χ0n) is 9.95. The third-order valence-electron chi connectivity index (χ3n) is 3.04. The maximum atomic E-state index is 12.0. The zero-order chi connectivity index (χ0) is 15.2. The van der Waals surface area contributed by atoms with Crippen molar-refractivity contribution in [3.05, 3.63) is 0 Å². The van der Waals surface area contributed by atoms with Crippen molar-refractivity contribution in [2.75, 3.05) is 19.6 Å². The van der Waals surface area contributed by atoms with E-state index in [1.807, 2.05) is 5.32 Å². The number of hydrogen-bond donors (Lipinski definition) is 3. The zero-order valence-corrected chi connectivity index (χ0v) is 10.8. The van der Waals surface area contributed by atoms with Gasteiger partial charge in [-0.3, -0.25) is 10.1 Å². The number of alkyl halides is 3. The van der Waals surface area contributed by atoms with E-state index >= 15 is 0 Å². The van der Waals surface area contributed by atoms with Crippen LogP contribution in [0.5, 0.6) is 0 Å². The third kappa shape index (κ3) is 2.86. The number of hydrogen-bond acceptors (Lipinski definition) is 4. The number of carbonyl (C=O) groups is 2. The Morgan fingerprint density at radius 1 is 1.35 bits per heavy atom. The van der Waals surface area contributed by atoms with Crippen LogP contribution in [0.4, 0.5) is 18.0 Å². The van der Waals surface area contributed by atoms with Crippen molar-refractivity contribution in [2.45, 2.75) is 18.1 Å². The molecule has 3 amide bonds. The van der Waals surface area contributed by atoms with Gasteiger partial charge in [-0.25, -0.2) is 4.79 Å². The van der Waals surface area contributed by atoms with Crippen molar-refractivity contribution in [1.82, 2.24) is 19.7 Å². The normalized spacial score (nSPS) is 27.9. The largest absolute Gasteiger partial charge is 0.402 e. The van der Waals surface area contributed by atoms with E-state index in [0.29, 0.717) is 4.31 Å². The second-order valence-electron chi connectivity index (χ2n) is 4.52. The van der Waals surface area contributed by atoms with Crippen LogP contribution in [0.2, 0.25) is 0 Å². The molecule has 1 atom stereocenters. The summed E-state index contributed by atoms with van der Waals surface area (Å²) in [5.41, 5.74) is -1.40. The Kier molecular flexibility index (Phi) is 3.42. The van der Waals surface area contributed by atoms with Crippen LogP contribution in [0.3, 0.4) is 0 Å². The lowest BCUT2D eigenvalue weighted by Gasteiger charge is -2.21. The molecule has 2 aliphatic rings. The fraction of sp³-hybridized carbons (Fsp3) is 0.750. The third-order valence-corrected chi connectivity index (χ3v) is 4.54. The summed E-state index contributed by atoms with van der Waals surface area (Å²) in [6.07, 6.45) is -4.68. The summed E-state index contributed by atoms with van der Waals surface area (Å²) in [6, 6.07) is -0.752. The number of halogens is 3. The number of carbonyl (C=O) groups excluding carboxylic acids is 2. The molecule has 1 spiro atoms. The summed E-state index contributed by atoms with van der Waals surface area (Å²) in [5.74, 6) is -0.684. The molecule has 0 aliphatic carbocycles. The lowest BCUT2D eigenvalue weighted by molar-refractivity contribution is -0.123. The molecular weight excluding hydrogens is 305 g/mol. The Bertz CT molecular complexity index is 548. The van der Waals surface area contributed by atoms with Crippen molar-refractivity contribution in [1.29, 1.82) is 0 Å². The molecule has 2 saturated heterocycles. The fourth-order valence-electron chi connectivity index (χ4n) is 2.06. The van der Waals surface area contributed by atoms with Crippen molar-refractivity contribution in [3.8, 4) is 0 Å². The second-order valence-corrected chi connectivity index (χ2v) is 6.27. The van der Waals surface area contributed by atoms with Crippen LogP contribution in [-0.4, -0.2) is 56.0 Å². The highest BCUT2D eigenvalue weighted by Crippen LogP contribution is 2.26. The standard InChI is InChI=1S/C8H11F3N4O4S/c9-8(10,11)3-12-20(18,19)15-2-1-7(4-15)5(16)13-6(17)14-7/h12H,1-4H2,(H2,13,14,16,17). The van der Waals surface area contributed by atoms with Crippen LogP contribution in [0, 0.1) is 0 Å². The van der Waals surface area contributed by atoms with Crippen LogP contribution in [0.15, 0.2) is 0 Å². The smallest absolute Gasteiger partial charge is 0.322 e. The average molecular weight is 316 g/mol. The Labute approximate surface area is 111 Å². The van der Waals surface area contributed by atoms with Crippen LogP contribution >= 0.6 is 0 Å². The summed E-state index contributed by atoms with van der Waals surface area (Å²) in [4.78, 5) is 22.6. The molecule has 8 nitrogen and oxygen atoms in total. The van der Waals surface area contributed by atoms with Gasteiger partial charge in [0.25, 0.3) is 16.1 Å². The van der Waals surface area contributed by atoms with Gasteiger partial charge in [-0.2, -0.15) is 30.6 Å². The van der Waals surface area contributed by atoms with Gasteiger partial charge >= 0.3 is 12.2 Å². The lowest BCUT2D eigenvalue weighted by atomic mass is 10.00. The first-order valence-corrected chi connectivity index (χ1v) is 6.93. The lowest BCUT2D eigenvalue weighted by Crippen LogP contribution is -2.51. The SMILES string of the molecule is O=C1NC(=O)C2(CCN(S(=O)(=O)NCC(F)(F)F)C2)N1. The van der Waals surface area contributed by atoms with Crippen molar-refractivity contribution in [3.63, 3.8) is 0 Å². The average Bonchev–Trinajstić information content (AvgIpc) is 2.82. The topological polar surface area (TPSA) is 108 Å². The number of urea groups is 1. The Morgan fingerprint density at radius 2 is 2.00 bits per heavy atom. The number of amides is 3. The Hall–Kier alpha value is -1.40. The second kappa shape index (κ2) is 4.56. The maximum Gasteiger partial charge on any atom is 0.402 e. The summed E-state index contributed by atoms with van der Waals surface area (Å²) in [7, 11) is -4.37. The summed E-state index contributed by atoms with van der Waals surface area (Å²) < 4.78 is 61.5. The Balaban J connectivity index is 2.06. The minimum Gasteiger partial charge on any atom is -0.322 e. The minimum atomic E-state index is -4.68. The first kappa shape index (κ1) is 15.0. The molecule has 0 aromatic carbocycles. The number of nitrogens with zero attached hydrogens (tertiary/aromatic N) is 1. The maximum absolute atomic E-state index is 12.0. The highest BCUT2D eigenvalue weighted by Gasteiger charge is 2.53. The minimum absolute atomic E-state index is 0.00248. The van der Waals surface area contributed by atoms with Gasteiger partial charge in [0.15, 0.2) is 0 Å². The summed E-state index contributed by atoms with van der Waals surface area (Å²) >= 11 is 0. The number of rotatable bonds is 3. The summed E-state index contributed by atoms with van der Waals surface area (Å²) in [6.45, 7) is -2.27. The molecule has 2 rings (SSSR count). The molecule has 0 saturated carbocycles. The van der Waals surface area contributed by atoms with E-state index in [0.717, 1.165) is 0 Å². The molecule has 2 heterocycles. The van der Waals surface area contributed by atoms with Gasteiger partial charge in [0.05, 0.1) is 0 Å². The highest BCUT2D eigenvalue weighted by atomic mass is 32.2. The molecule has 0 radical (unpaired) electrons. The van der Waals surface area contributed by atoms with Crippen molar-refractivity contribution >= 4 is 22.1 Å². The number of imide groups is 1. The predicted molar refractivity (Wildman–Crippen MR) is 58.6 cm³/mol. The highest BCUT2D eigenvalue weighted by molar-refractivity contribution is 7.87. The van der Waals surface area contributed by atoms with Gasteiger partial charge in [-0.05, 0) is 6.42 Å². The van der Waals surface area contributed by atoms with Crippen molar-refractivity contribution < 1.29 is 31.2 Å². The van der Waals surface area contributed by atoms with Gasteiger partial charge in [0.2, 0.25) is 0 Å². The molecular formula is C8H11F3N4O4S. The summed E-state index contributed by atoms with van der Waals surface area (Å²) in [5, 5.41) is 4.26. The Morgan fingerprint density at radius 3 is 2.50 bits per heavy atom. The first-order valence-electron chi connectivity index (χ1n) is 5.49. The molecule has 0 bridgehead atoms. The van der Waals surface area contributed by atoms with Gasteiger partial charge < -0.3 is 5.32 Å². The predicted octanol–water partition coefficient (Wildman–Crippen LogP) is -1.33. The van der Waals surface area contributed by atoms with E-state index in [4.69, 9.17) is 0 Å². The van der Waals surface area contributed by atoms with Crippen LogP contribution in [0.25, 0.3) is 0 Å². The molecule has 20 heavy (non-hydrogen) atoms.